The van der Waals surface area contributed by atoms with E-state index in [1.54, 1.807) is 6.20 Å². The monoisotopic (exact) mass is 211 g/mol. The van der Waals surface area contributed by atoms with E-state index in [9.17, 15) is 0 Å². The largest absolute Gasteiger partial charge is 0.460 e. The normalized spacial score (nSPS) is 10.7. The summed E-state index contributed by atoms with van der Waals surface area (Å²) in [7, 11) is 0. The average molecular weight is 212 g/mol. The van der Waals surface area contributed by atoms with Crippen LogP contribution in [-0.4, -0.2) is 4.98 Å². The van der Waals surface area contributed by atoms with Crippen LogP contribution in [0.4, 0.5) is 0 Å². The number of fused-ring (bicyclic) bond motifs is 1. The first kappa shape index (κ1) is 6.85. The first-order chi connectivity index (χ1) is 5.25. The zero-order chi connectivity index (χ0) is 7.84. The minimum absolute atomic E-state index is 0.830. The minimum atomic E-state index is 0.830. The van der Waals surface area contributed by atoms with Gasteiger partial charge in [0.05, 0.1) is 0 Å². The van der Waals surface area contributed by atoms with Crippen molar-refractivity contribution in [1.82, 2.24) is 4.98 Å². The third-order valence-electron chi connectivity index (χ3n) is 1.46. The Morgan fingerprint density at radius 1 is 1.45 bits per heavy atom. The molecule has 0 aliphatic carbocycles. The molecule has 0 N–H and O–H groups in total. The summed E-state index contributed by atoms with van der Waals surface area (Å²) < 4.78 is 6.30. The SMILES string of the molecule is Cc1cc2ncc(Br)cc2o1. The van der Waals surface area contributed by atoms with Crippen molar-refractivity contribution in [2.75, 3.05) is 0 Å². The van der Waals surface area contributed by atoms with E-state index in [2.05, 4.69) is 20.9 Å². The number of aromatic nitrogens is 1. The van der Waals surface area contributed by atoms with Gasteiger partial charge in [-0.15, -0.1) is 0 Å². The Bertz CT molecular complexity index is 394. The third kappa shape index (κ3) is 1.16. The topological polar surface area (TPSA) is 26.0 Å². The Labute approximate surface area is 72.4 Å². The number of nitrogens with zero attached hydrogens (tertiary/aromatic N) is 1. The van der Waals surface area contributed by atoms with E-state index in [-0.39, 0.29) is 0 Å². The summed E-state index contributed by atoms with van der Waals surface area (Å²) in [4.78, 5) is 4.16. The molecule has 0 aliphatic rings. The van der Waals surface area contributed by atoms with Crippen LogP contribution in [0.1, 0.15) is 5.76 Å². The lowest BCUT2D eigenvalue weighted by Gasteiger charge is -1.87. The maximum absolute atomic E-state index is 5.36. The zero-order valence-electron chi connectivity index (χ0n) is 5.97. The Kier molecular flexibility index (Phi) is 1.46. The number of pyridine rings is 1. The van der Waals surface area contributed by atoms with Crippen molar-refractivity contribution in [2.45, 2.75) is 6.92 Å². The molecule has 0 unspecified atom stereocenters. The smallest absolute Gasteiger partial charge is 0.153 e. The van der Waals surface area contributed by atoms with Crippen LogP contribution < -0.4 is 0 Å². The summed E-state index contributed by atoms with van der Waals surface area (Å²) in [6.45, 7) is 1.91. The van der Waals surface area contributed by atoms with E-state index in [0.29, 0.717) is 0 Å². The van der Waals surface area contributed by atoms with Gasteiger partial charge in [-0.3, -0.25) is 4.98 Å². The van der Waals surface area contributed by atoms with Gasteiger partial charge in [0, 0.05) is 16.7 Å². The summed E-state index contributed by atoms with van der Waals surface area (Å²) >= 11 is 3.32. The second-order valence-corrected chi connectivity index (χ2v) is 3.31. The van der Waals surface area contributed by atoms with Crippen molar-refractivity contribution in [3.63, 3.8) is 0 Å². The van der Waals surface area contributed by atoms with Crippen LogP contribution in [0.15, 0.2) is 27.2 Å². The summed E-state index contributed by atoms with van der Waals surface area (Å²) in [6.07, 6.45) is 1.76. The van der Waals surface area contributed by atoms with Gasteiger partial charge in [-0.25, -0.2) is 0 Å². The molecule has 0 atom stereocenters. The van der Waals surface area contributed by atoms with E-state index in [1.807, 2.05) is 19.1 Å². The molecule has 0 saturated carbocycles. The van der Waals surface area contributed by atoms with Crippen LogP contribution >= 0.6 is 15.9 Å². The summed E-state index contributed by atoms with van der Waals surface area (Å²) in [5, 5.41) is 0. The van der Waals surface area contributed by atoms with Gasteiger partial charge in [-0.2, -0.15) is 0 Å². The van der Waals surface area contributed by atoms with Crippen molar-refractivity contribution in [1.29, 1.82) is 0 Å². The number of aryl methyl sites for hydroxylation is 1. The van der Waals surface area contributed by atoms with Crippen molar-refractivity contribution in [2.24, 2.45) is 0 Å². The van der Waals surface area contributed by atoms with Gasteiger partial charge in [0.15, 0.2) is 5.58 Å². The fraction of sp³-hybridized carbons (Fsp3) is 0.125. The van der Waals surface area contributed by atoms with Gasteiger partial charge < -0.3 is 4.42 Å². The molecule has 2 aromatic rings. The predicted molar refractivity (Wildman–Crippen MR) is 46.4 cm³/mol. The number of hydrogen-bond donors (Lipinski definition) is 0. The second-order valence-electron chi connectivity index (χ2n) is 2.39. The fourth-order valence-corrected chi connectivity index (χ4v) is 1.33. The highest BCUT2D eigenvalue weighted by Gasteiger charge is 2.00. The lowest BCUT2D eigenvalue weighted by atomic mass is 10.4. The first-order valence-corrected chi connectivity index (χ1v) is 4.07. The van der Waals surface area contributed by atoms with E-state index in [1.165, 1.54) is 0 Å². The lowest BCUT2D eigenvalue weighted by Crippen LogP contribution is -1.70. The van der Waals surface area contributed by atoms with Crippen molar-refractivity contribution in [3.05, 3.63) is 28.6 Å². The molecule has 11 heavy (non-hydrogen) atoms. The van der Waals surface area contributed by atoms with Crippen molar-refractivity contribution >= 4 is 27.0 Å². The van der Waals surface area contributed by atoms with Crippen LogP contribution in [0.5, 0.6) is 0 Å². The fourth-order valence-electron chi connectivity index (χ4n) is 1.02. The molecule has 3 heteroatoms. The second kappa shape index (κ2) is 2.34. The van der Waals surface area contributed by atoms with Crippen LogP contribution in [-0.2, 0) is 0 Å². The summed E-state index contributed by atoms with van der Waals surface area (Å²) in [5.74, 6) is 0.894. The Morgan fingerprint density at radius 2 is 2.27 bits per heavy atom. The zero-order valence-corrected chi connectivity index (χ0v) is 7.55. The van der Waals surface area contributed by atoms with E-state index < -0.39 is 0 Å². The van der Waals surface area contributed by atoms with Gasteiger partial charge in [0.1, 0.15) is 11.3 Å². The molecule has 2 rings (SSSR count). The van der Waals surface area contributed by atoms with Gasteiger partial charge in [-0.1, -0.05) is 0 Å². The quantitative estimate of drug-likeness (QED) is 0.670. The van der Waals surface area contributed by atoms with Gasteiger partial charge >= 0.3 is 0 Å². The van der Waals surface area contributed by atoms with Crippen LogP contribution in [0.3, 0.4) is 0 Å². The number of rotatable bonds is 0. The van der Waals surface area contributed by atoms with E-state index in [4.69, 9.17) is 4.42 Å². The van der Waals surface area contributed by atoms with E-state index in [0.717, 1.165) is 21.3 Å². The Morgan fingerprint density at radius 3 is 3.09 bits per heavy atom. The Balaban J connectivity index is 2.82. The molecule has 56 valence electrons. The van der Waals surface area contributed by atoms with Gasteiger partial charge in [0.2, 0.25) is 0 Å². The molecule has 0 saturated heterocycles. The Hall–Kier alpha value is -0.830. The molecule has 2 nitrogen and oxygen atoms in total. The standard InChI is InChI=1S/C8H6BrNO/c1-5-2-7-8(11-5)3-6(9)4-10-7/h2-4H,1H3. The molecule has 2 heterocycles. The third-order valence-corrected chi connectivity index (χ3v) is 1.89. The van der Waals surface area contributed by atoms with E-state index >= 15 is 0 Å². The van der Waals surface area contributed by atoms with Crippen LogP contribution in [0, 0.1) is 6.92 Å². The van der Waals surface area contributed by atoms with Crippen molar-refractivity contribution < 1.29 is 4.42 Å². The predicted octanol–water partition coefficient (Wildman–Crippen LogP) is 2.90. The highest BCUT2D eigenvalue weighted by molar-refractivity contribution is 9.10. The summed E-state index contributed by atoms with van der Waals surface area (Å²) in [6, 6.07) is 3.83. The summed E-state index contributed by atoms with van der Waals surface area (Å²) in [5.41, 5.74) is 1.74. The molecule has 0 spiro atoms. The molecule has 0 amide bonds. The van der Waals surface area contributed by atoms with Gasteiger partial charge in [0.25, 0.3) is 0 Å². The molecule has 0 aliphatic heterocycles. The molecular formula is C8H6BrNO. The lowest BCUT2D eigenvalue weighted by molar-refractivity contribution is 0.578. The molecule has 0 bridgehead atoms. The first-order valence-electron chi connectivity index (χ1n) is 3.27. The highest BCUT2D eigenvalue weighted by atomic mass is 79.9. The highest BCUT2D eigenvalue weighted by Crippen LogP contribution is 2.19. The number of halogens is 1. The van der Waals surface area contributed by atoms with Crippen LogP contribution in [0.25, 0.3) is 11.1 Å². The molecule has 2 aromatic heterocycles. The van der Waals surface area contributed by atoms with Crippen molar-refractivity contribution in [3.8, 4) is 0 Å². The number of hydrogen-bond acceptors (Lipinski definition) is 2. The maximum atomic E-state index is 5.36. The maximum Gasteiger partial charge on any atom is 0.153 e. The number of furan rings is 1. The molecule has 0 fully saturated rings. The average Bonchev–Trinajstić information content (AvgIpc) is 2.27. The van der Waals surface area contributed by atoms with Gasteiger partial charge in [-0.05, 0) is 28.9 Å². The minimum Gasteiger partial charge on any atom is -0.460 e. The molecule has 0 aromatic carbocycles. The molecular weight excluding hydrogens is 206 g/mol. The van der Waals surface area contributed by atoms with Crippen LogP contribution in [0.2, 0.25) is 0 Å². The molecule has 0 radical (unpaired) electrons.